The Labute approximate surface area is 277 Å². The molecule has 0 aliphatic carbocycles. The van der Waals surface area contributed by atoms with Gasteiger partial charge in [-0.15, -0.1) is 10.2 Å². The first kappa shape index (κ1) is 32.6. The monoisotopic (exact) mass is 637 g/mol. The third-order valence-corrected chi connectivity index (χ3v) is 9.41. The van der Waals surface area contributed by atoms with E-state index in [-0.39, 0.29) is 5.41 Å². The molecule has 1 saturated heterocycles. The second kappa shape index (κ2) is 12.4. The van der Waals surface area contributed by atoms with E-state index in [2.05, 4.69) is 57.0 Å². The molecule has 5 heterocycles. The molecule has 10 heteroatoms. The number of pyridine rings is 1. The number of hydrogen-bond donors (Lipinski definition) is 1. The van der Waals surface area contributed by atoms with E-state index in [0.29, 0.717) is 11.3 Å². The van der Waals surface area contributed by atoms with Crippen molar-refractivity contribution in [2.45, 2.75) is 92.9 Å². The first-order valence-electron chi connectivity index (χ1n) is 16.6. The molecule has 248 valence electrons. The molecule has 3 aromatic heterocycles. The van der Waals surface area contributed by atoms with Crippen LogP contribution >= 0.6 is 0 Å². The van der Waals surface area contributed by atoms with Gasteiger partial charge in [-0.3, -0.25) is 9.55 Å². The predicted molar refractivity (Wildman–Crippen MR) is 184 cm³/mol. The molecular formula is C37H47N7O3. The zero-order chi connectivity index (χ0) is 33.7. The van der Waals surface area contributed by atoms with Crippen molar-refractivity contribution in [1.29, 1.82) is 0 Å². The van der Waals surface area contributed by atoms with Crippen LogP contribution < -0.4 is 9.80 Å². The lowest BCUT2D eigenvalue weighted by Gasteiger charge is -2.41. The number of benzene rings is 1. The van der Waals surface area contributed by atoms with Crippen molar-refractivity contribution in [3.05, 3.63) is 76.6 Å². The van der Waals surface area contributed by atoms with Crippen LogP contribution in [0.2, 0.25) is 0 Å². The maximum atomic E-state index is 12.8. The minimum absolute atomic E-state index is 0.239. The number of anilines is 2. The van der Waals surface area contributed by atoms with Gasteiger partial charge in [0.05, 0.1) is 17.0 Å². The van der Waals surface area contributed by atoms with E-state index >= 15 is 0 Å². The first-order valence-corrected chi connectivity index (χ1v) is 16.6. The Kier molecular flexibility index (Phi) is 8.59. The Morgan fingerprint density at radius 3 is 2.26 bits per heavy atom. The van der Waals surface area contributed by atoms with Crippen molar-refractivity contribution in [3.8, 4) is 16.9 Å². The Hall–Kier alpha value is -4.31. The number of nitrogens with zero attached hydrogens (tertiary/aromatic N) is 7. The van der Waals surface area contributed by atoms with E-state index in [1.807, 2.05) is 64.4 Å². The molecule has 0 bridgehead atoms. The first-order chi connectivity index (χ1) is 22.2. The van der Waals surface area contributed by atoms with Crippen LogP contribution in [0.5, 0.6) is 0 Å². The topological polar surface area (TPSA) is 110 Å². The number of aromatic nitrogens is 5. The molecule has 0 amide bonds. The largest absolute Gasteiger partial charge is 0.479 e. The zero-order valence-electron chi connectivity index (χ0n) is 29.0. The summed E-state index contributed by atoms with van der Waals surface area (Å²) in [6.07, 6.45) is 5.45. The molecule has 0 saturated carbocycles. The lowest BCUT2D eigenvalue weighted by molar-refractivity contribution is -0.160. The Balaban J connectivity index is 1.37. The number of aliphatic carboxylic acids is 1. The highest BCUT2D eigenvalue weighted by Crippen LogP contribution is 2.45. The fourth-order valence-electron chi connectivity index (χ4n) is 6.83. The van der Waals surface area contributed by atoms with Gasteiger partial charge in [0.1, 0.15) is 6.33 Å². The second-order valence-corrected chi connectivity index (χ2v) is 14.8. The van der Waals surface area contributed by atoms with Crippen LogP contribution in [0.15, 0.2) is 42.9 Å². The summed E-state index contributed by atoms with van der Waals surface area (Å²) < 4.78 is 8.13. The quantitative estimate of drug-likeness (QED) is 0.235. The number of fused-ring (bicyclic) bond motifs is 1. The van der Waals surface area contributed by atoms with Gasteiger partial charge in [-0.2, -0.15) is 0 Å². The second-order valence-electron chi connectivity index (χ2n) is 14.8. The highest BCUT2D eigenvalue weighted by Gasteiger charge is 2.36. The fourth-order valence-corrected chi connectivity index (χ4v) is 6.83. The summed E-state index contributed by atoms with van der Waals surface area (Å²) >= 11 is 0. The lowest BCUT2D eigenvalue weighted by Crippen LogP contribution is -2.39. The molecule has 0 spiro atoms. The zero-order valence-corrected chi connectivity index (χ0v) is 29.0. The lowest BCUT2D eigenvalue weighted by atomic mass is 9.81. The van der Waals surface area contributed by atoms with Gasteiger partial charge in [-0.05, 0) is 95.0 Å². The highest BCUT2D eigenvalue weighted by molar-refractivity contribution is 5.88. The van der Waals surface area contributed by atoms with Crippen molar-refractivity contribution < 1.29 is 14.6 Å². The van der Waals surface area contributed by atoms with Crippen molar-refractivity contribution in [2.24, 2.45) is 5.41 Å². The number of carbonyl (C=O) groups is 1. The smallest absolute Gasteiger partial charge is 0.337 e. The van der Waals surface area contributed by atoms with Crippen LogP contribution in [0.3, 0.4) is 0 Å². The SMILES string of the molecule is Cc1cn(-c2ccc(N3CCc4cc(-c5c(C)nc(C)c(C(OC(C)(C)C)C(=O)O)c5N5CCC(C)(C)CC5)ccc4C3)nn2)cn1. The van der Waals surface area contributed by atoms with E-state index in [9.17, 15) is 9.90 Å². The molecule has 2 aliphatic rings. The van der Waals surface area contributed by atoms with Gasteiger partial charge in [0, 0.05) is 54.9 Å². The summed E-state index contributed by atoms with van der Waals surface area (Å²) in [4.78, 5) is 26.7. The number of carboxylic acids is 1. The molecule has 1 atom stereocenters. The number of aryl methyl sites for hydroxylation is 3. The summed E-state index contributed by atoms with van der Waals surface area (Å²) in [6, 6.07) is 10.6. The molecule has 2 aliphatic heterocycles. The van der Waals surface area contributed by atoms with Crippen LogP contribution in [0.4, 0.5) is 11.5 Å². The number of imidazole rings is 1. The molecule has 1 unspecified atom stereocenters. The highest BCUT2D eigenvalue weighted by atomic mass is 16.5. The minimum Gasteiger partial charge on any atom is -0.479 e. The average Bonchev–Trinajstić information content (AvgIpc) is 3.45. The van der Waals surface area contributed by atoms with Gasteiger partial charge in [0.2, 0.25) is 0 Å². The number of hydrogen-bond acceptors (Lipinski definition) is 8. The molecule has 10 nitrogen and oxygen atoms in total. The number of piperidine rings is 1. The average molecular weight is 638 g/mol. The van der Waals surface area contributed by atoms with Crippen LogP contribution in [0.1, 0.15) is 87.3 Å². The molecule has 1 aromatic carbocycles. The van der Waals surface area contributed by atoms with Crippen LogP contribution in [-0.4, -0.2) is 61.0 Å². The van der Waals surface area contributed by atoms with Gasteiger partial charge >= 0.3 is 5.97 Å². The Morgan fingerprint density at radius 2 is 1.64 bits per heavy atom. The molecule has 4 aromatic rings. The van der Waals surface area contributed by atoms with E-state index < -0.39 is 17.7 Å². The number of ether oxygens (including phenoxy) is 1. The summed E-state index contributed by atoms with van der Waals surface area (Å²) in [5, 5.41) is 19.5. The molecule has 47 heavy (non-hydrogen) atoms. The van der Waals surface area contributed by atoms with Gasteiger partial charge in [0.15, 0.2) is 17.7 Å². The van der Waals surface area contributed by atoms with Crippen molar-refractivity contribution in [3.63, 3.8) is 0 Å². The molecular weight excluding hydrogens is 590 g/mol. The molecule has 1 N–H and O–H groups in total. The summed E-state index contributed by atoms with van der Waals surface area (Å²) in [7, 11) is 0. The van der Waals surface area contributed by atoms with Gasteiger partial charge in [0.25, 0.3) is 0 Å². The third kappa shape index (κ3) is 6.88. The molecule has 6 rings (SSSR count). The maximum absolute atomic E-state index is 12.8. The van der Waals surface area contributed by atoms with E-state index in [4.69, 9.17) is 9.72 Å². The van der Waals surface area contributed by atoms with E-state index in [1.54, 1.807) is 6.33 Å². The normalized spacial score (nSPS) is 17.0. The van der Waals surface area contributed by atoms with Crippen molar-refractivity contribution in [2.75, 3.05) is 29.4 Å². The van der Waals surface area contributed by atoms with Crippen LogP contribution in [-0.2, 0) is 22.5 Å². The fraction of sp³-hybridized carbons (Fsp3) is 0.486. The molecule has 0 radical (unpaired) electrons. The predicted octanol–water partition coefficient (Wildman–Crippen LogP) is 6.78. The van der Waals surface area contributed by atoms with Gasteiger partial charge in [-0.25, -0.2) is 9.78 Å². The maximum Gasteiger partial charge on any atom is 0.337 e. The summed E-state index contributed by atoms with van der Waals surface area (Å²) in [5.74, 6) is 0.585. The summed E-state index contributed by atoms with van der Waals surface area (Å²) in [6.45, 7) is 19.5. The third-order valence-electron chi connectivity index (χ3n) is 9.41. The number of rotatable bonds is 7. The van der Waals surface area contributed by atoms with Crippen LogP contribution in [0, 0.1) is 26.2 Å². The van der Waals surface area contributed by atoms with E-state index in [1.165, 1.54) is 11.1 Å². The standard InChI is InChI=1S/C37H47N7O3/c1-23-20-44(22-38-23)30-12-11-29(40-41-30)43-16-13-26-19-27(9-10-28(26)21-43)31-24(2)39-25(3)32(34(35(45)46)47-36(4,5)6)33(31)42-17-14-37(7,8)15-18-42/h9-12,19-20,22,34H,13-18,21H2,1-8H3,(H,45,46). The van der Waals surface area contributed by atoms with Gasteiger partial charge < -0.3 is 19.6 Å². The van der Waals surface area contributed by atoms with Crippen molar-refractivity contribution >= 4 is 17.5 Å². The molecule has 1 fully saturated rings. The van der Waals surface area contributed by atoms with Crippen molar-refractivity contribution in [1.82, 2.24) is 24.7 Å². The summed E-state index contributed by atoms with van der Waals surface area (Å²) in [5.41, 5.74) is 8.30. The Morgan fingerprint density at radius 1 is 0.936 bits per heavy atom. The Bertz CT molecular complexity index is 1780. The van der Waals surface area contributed by atoms with E-state index in [0.717, 1.165) is 85.3 Å². The van der Waals surface area contributed by atoms with Gasteiger partial charge in [-0.1, -0.05) is 32.0 Å². The minimum atomic E-state index is -1.14. The van der Waals surface area contributed by atoms with Crippen LogP contribution in [0.25, 0.3) is 16.9 Å². The number of carboxylic acid groups (broad SMARTS) is 1.